The van der Waals surface area contributed by atoms with Crippen molar-refractivity contribution in [3.63, 3.8) is 0 Å². The van der Waals surface area contributed by atoms with E-state index in [4.69, 9.17) is 21.7 Å². The van der Waals surface area contributed by atoms with Crippen LogP contribution in [-0.2, 0) is 9.59 Å². The van der Waals surface area contributed by atoms with Crippen molar-refractivity contribution in [1.82, 2.24) is 20.5 Å². The van der Waals surface area contributed by atoms with Crippen LogP contribution in [0.1, 0.15) is 70.2 Å². The maximum Gasteiger partial charge on any atom is 0.232 e. The maximum absolute atomic E-state index is 13.5. The molecule has 0 spiro atoms. The summed E-state index contributed by atoms with van der Waals surface area (Å²) in [6.45, 7) is 7.78. The lowest BCUT2D eigenvalue weighted by Crippen LogP contribution is -2.60. The summed E-state index contributed by atoms with van der Waals surface area (Å²) in [7, 11) is 0. The smallest absolute Gasteiger partial charge is 0.232 e. The molecule has 3 N–H and O–H groups in total. The molecule has 2 aliphatic heterocycles. The molecule has 1 aromatic carbocycles. The van der Waals surface area contributed by atoms with Gasteiger partial charge in [-0.05, 0) is 57.7 Å². The van der Waals surface area contributed by atoms with Crippen LogP contribution in [0, 0.1) is 17.2 Å². The van der Waals surface area contributed by atoms with Crippen molar-refractivity contribution in [2.24, 2.45) is 11.8 Å². The average Bonchev–Trinajstić information content (AvgIpc) is 3.57. The Hall–Kier alpha value is -3.13. The highest BCUT2D eigenvalue weighted by molar-refractivity contribution is 6.32. The molecule has 3 heterocycles. The van der Waals surface area contributed by atoms with Gasteiger partial charge in [0.25, 0.3) is 0 Å². The summed E-state index contributed by atoms with van der Waals surface area (Å²) in [5.74, 6) is 0.0889. The Kier molecular flexibility index (Phi) is 5.98. The molecular formula is C27H32ClN5O3. The van der Waals surface area contributed by atoms with Crippen LogP contribution < -0.4 is 15.4 Å². The number of hydrogen-bond acceptors (Lipinski definition) is 5. The maximum atomic E-state index is 13.5. The highest BCUT2D eigenvalue weighted by atomic mass is 35.5. The van der Waals surface area contributed by atoms with Gasteiger partial charge in [-0.1, -0.05) is 29.8 Å². The molecule has 3 aliphatic rings. The normalized spacial score (nSPS) is 26.8. The van der Waals surface area contributed by atoms with Crippen molar-refractivity contribution in [2.45, 2.75) is 70.2 Å². The Labute approximate surface area is 216 Å². The molecule has 1 saturated heterocycles. The molecule has 1 saturated carbocycles. The predicted molar refractivity (Wildman–Crippen MR) is 137 cm³/mol. The van der Waals surface area contributed by atoms with Gasteiger partial charge in [0.1, 0.15) is 11.4 Å². The molecule has 0 bridgehead atoms. The van der Waals surface area contributed by atoms with E-state index < -0.39 is 17.2 Å². The number of amides is 2. The van der Waals surface area contributed by atoms with E-state index in [1.807, 2.05) is 52.0 Å². The molecule has 1 aliphatic carbocycles. The third-order valence-corrected chi connectivity index (χ3v) is 7.51. The van der Waals surface area contributed by atoms with Gasteiger partial charge < -0.3 is 15.4 Å². The first kappa shape index (κ1) is 24.6. The van der Waals surface area contributed by atoms with Crippen molar-refractivity contribution in [3.8, 4) is 5.75 Å². The molecule has 9 heteroatoms. The quantitative estimate of drug-likeness (QED) is 0.555. The summed E-state index contributed by atoms with van der Waals surface area (Å²) in [6.07, 6.45) is 4.91. The van der Waals surface area contributed by atoms with Gasteiger partial charge in [-0.25, -0.2) is 0 Å². The van der Waals surface area contributed by atoms with E-state index in [1.54, 1.807) is 18.5 Å². The Morgan fingerprint density at radius 3 is 2.75 bits per heavy atom. The summed E-state index contributed by atoms with van der Waals surface area (Å²) in [5, 5.41) is 15.5. The number of nitrogens with zero attached hydrogens (tertiary/aromatic N) is 2. The number of rotatable bonds is 5. The molecule has 5 rings (SSSR count). The van der Waals surface area contributed by atoms with E-state index in [0.29, 0.717) is 23.6 Å². The molecule has 2 aromatic rings. The number of nitrogens with one attached hydrogen (secondary N) is 3. The largest absolute Gasteiger partial charge is 0.486 e. The van der Waals surface area contributed by atoms with Gasteiger partial charge in [0, 0.05) is 42.3 Å². The van der Waals surface area contributed by atoms with Crippen molar-refractivity contribution < 1.29 is 14.3 Å². The Balaban J connectivity index is 1.38. The molecule has 2 fully saturated rings. The lowest BCUT2D eigenvalue weighted by atomic mass is 9.89. The van der Waals surface area contributed by atoms with Crippen molar-refractivity contribution >= 4 is 29.4 Å². The minimum atomic E-state index is -0.491. The first-order valence-electron chi connectivity index (χ1n) is 12.3. The van der Waals surface area contributed by atoms with E-state index in [1.165, 1.54) is 4.90 Å². The second kappa shape index (κ2) is 8.76. The number of guanidine groups is 1. The van der Waals surface area contributed by atoms with Crippen LogP contribution in [0.15, 0.2) is 42.7 Å². The van der Waals surface area contributed by atoms with Crippen molar-refractivity contribution in [3.05, 3.63) is 58.9 Å². The lowest BCUT2D eigenvalue weighted by molar-refractivity contribution is -0.133. The number of carbonyl (C=O) groups excluding carboxylic acids is 2. The van der Waals surface area contributed by atoms with E-state index in [2.05, 4.69) is 15.6 Å². The van der Waals surface area contributed by atoms with Gasteiger partial charge in [-0.2, -0.15) is 0 Å². The van der Waals surface area contributed by atoms with E-state index in [-0.39, 0.29) is 42.1 Å². The number of pyridine rings is 1. The fourth-order valence-electron chi connectivity index (χ4n) is 5.55. The van der Waals surface area contributed by atoms with Gasteiger partial charge >= 0.3 is 0 Å². The van der Waals surface area contributed by atoms with Crippen LogP contribution in [0.3, 0.4) is 0 Å². The number of fused-ring (bicyclic) bond motifs is 1. The summed E-state index contributed by atoms with van der Waals surface area (Å²) >= 11 is 6.41. The van der Waals surface area contributed by atoms with Gasteiger partial charge in [-0.15, -0.1) is 0 Å². The third kappa shape index (κ3) is 4.66. The second-order valence-corrected chi connectivity index (χ2v) is 11.7. The lowest BCUT2D eigenvalue weighted by Gasteiger charge is -2.42. The number of carbonyl (C=O) groups is 2. The van der Waals surface area contributed by atoms with Gasteiger partial charge in [0.05, 0.1) is 17.1 Å². The van der Waals surface area contributed by atoms with Crippen LogP contribution in [0.2, 0.25) is 5.02 Å². The van der Waals surface area contributed by atoms with Crippen LogP contribution >= 0.6 is 11.6 Å². The molecule has 8 nitrogen and oxygen atoms in total. The first-order chi connectivity index (χ1) is 17.0. The highest BCUT2D eigenvalue weighted by Gasteiger charge is 2.54. The van der Waals surface area contributed by atoms with E-state index >= 15 is 0 Å². The fraction of sp³-hybridized carbons (Fsp3) is 0.481. The zero-order valence-corrected chi connectivity index (χ0v) is 21.7. The molecular weight excluding hydrogens is 478 g/mol. The number of hydrogen-bond donors (Lipinski definition) is 3. The van der Waals surface area contributed by atoms with Crippen LogP contribution in [-0.4, -0.2) is 38.8 Å². The van der Waals surface area contributed by atoms with Crippen LogP contribution in [0.25, 0.3) is 0 Å². The van der Waals surface area contributed by atoms with Gasteiger partial charge in [0.2, 0.25) is 11.8 Å². The van der Waals surface area contributed by atoms with Crippen molar-refractivity contribution in [2.75, 3.05) is 0 Å². The summed E-state index contributed by atoms with van der Waals surface area (Å²) in [4.78, 5) is 32.5. The van der Waals surface area contributed by atoms with Gasteiger partial charge in [-0.3, -0.25) is 24.9 Å². The molecule has 0 radical (unpaired) electrons. The van der Waals surface area contributed by atoms with E-state index in [9.17, 15) is 9.59 Å². The Morgan fingerprint density at radius 1 is 1.28 bits per heavy atom. The average molecular weight is 510 g/mol. The number of halogens is 1. The summed E-state index contributed by atoms with van der Waals surface area (Å²) in [5.41, 5.74) is 0.720. The first-order valence-corrected chi connectivity index (χ1v) is 12.7. The standard InChI is InChI=1S/C27H32ClN5O3/c1-26(2)13-21(34)33(25(29)32-26)22(15-7-6-10-30-14-15)17-11-18(17)24(35)31-20-12-27(3,4)36-23-16(20)8-5-9-19(23)28/h5-10,14,17-18,20,22H,11-13H2,1-4H3,(H2,29,32)(H,31,35)/t17-,18-,20?,22+/m1/s1. The Morgan fingerprint density at radius 2 is 2.06 bits per heavy atom. The zero-order chi connectivity index (χ0) is 25.8. The molecule has 2 amide bonds. The third-order valence-electron chi connectivity index (χ3n) is 7.21. The minimum Gasteiger partial charge on any atom is -0.486 e. The molecule has 190 valence electrons. The number of aromatic nitrogens is 1. The summed E-state index contributed by atoms with van der Waals surface area (Å²) in [6, 6.07) is 8.64. The molecule has 1 aromatic heterocycles. The van der Waals surface area contributed by atoms with Gasteiger partial charge in [0.15, 0.2) is 5.96 Å². The monoisotopic (exact) mass is 509 g/mol. The van der Waals surface area contributed by atoms with Crippen molar-refractivity contribution in [1.29, 1.82) is 5.41 Å². The SMILES string of the molecule is CC1(C)CC(=O)N([C@@H](c2cccnc2)[C@@H]2C[C@H]2C(=O)NC2CC(C)(C)Oc3c(Cl)cccc32)C(=N)N1. The summed E-state index contributed by atoms with van der Waals surface area (Å²) < 4.78 is 6.11. The minimum absolute atomic E-state index is 0.0610. The highest BCUT2D eigenvalue weighted by Crippen LogP contribution is 2.52. The number of ether oxygens (including phenoxy) is 1. The Bertz CT molecular complexity index is 1200. The van der Waals surface area contributed by atoms with Crippen LogP contribution in [0.4, 0.5) is 0 Å². The predicted octanol–water partition coefficient (Wildman–Crippen LogP) is 4.37. The topological polar surface area (TPSA) is 107 Å². The van der Waals surface area contributed by atoms with Crippen LogP contribution in [0.5, 0.6) is 5.75 Å². The fourth-order valence-corrected chi connectivity index (χ4v) is 5.77. The second-order valence-electron chi connectivity index (χ2n) is 11.3. The molecule has 4 atom stereocenters. The zero-order valence-electron chi connectivity index (χ0n) is 21.0. The number of benzene rings is 1. The molecule has 1 unspecified atom stereocenters. The molecule has 36 heavy (non-hydrogen) atoms. The number of para-hydroxylation sites is 1. The van der Waals surface area contributed by atoms with E-state index in [0.717, 1.165) is 11.1 Å².